The molecule has 1 aliphatic heterocycles. The Balaban J connectivity index is 1.53. The van der Waals surface area contributed by atoms with E-state index in [4.69, 9.17) is 14.2 Å². The molecule has 39 heavy (non-hydrogen) atoms. The van der Waals surface area contributed by atoms with Gasteiger partial charge in [-0.1, -0.05) is 15.9 Å². The van der Waals surface area contributed by atoms with Crippen molar-refractivity contribution in [3.63, 3.8) is 0 Å². The number of imide groups is 2. The van der Waals surface area contributed by atoms with Gasteiger partial charge in [-0.15, -0.1) is 0 Å². The maximum Gasteiger partial charge on any atom is 0.335 e. The number of barbiturate groups is 1. The molecule has 10 nitrogen and oxygen atoms in total. The van der Waals surface area contributed by atoms with Crippen LogP contribution in [0, 0.1) is 0 Å². The Hall–Kier alpha value is -4.16. The molecule has 4 rings (SSSR count). The molecule has 3 aromatic rings. The number of carbonyl (C=O) groups is 4. The SMILES string of the molecule is COc1ccc(NC(=O)COc2c(Br)cc(/C=C3\C(=O)NC(=O)N(c4ccc(Br)cc4)C3=O)cc2OC)cc1. The lowest BCUT2D eigenvalue weighted by Gasteiger charge is -2.26. The van der Waals surface area contributed by atoms with E-state index < -0.39 is 23.8 Å². The van der Waals surface area contributed by atoms with Crippen LogP contribution in [0.1, 0.15) is 5.56 Å². The molecule has 0 radical (unpaired) electrons. The zero-order chi connectivity index (χ0) is 28.1. The molecule has 5 amide bonds. The van der Waals surface area contributed by atoms with Crippen molar-refractivity contribution in [3.05, 3.63) is 80.7 Å². The highest BCUT2D eigenvalue weighted by atomic mass is 79.9. The number of nitrogens with one attached hydrogen (secondary N) is 2. The Morgan fingerprint density at radius 2 is 1.67 bits per heavy atom. The first-order valence-corrected chi connectivity index (χ1v) is 12.9. The van der Waals surface area contributed by atoms with Gasteiger partial charge >= 0.3 is 6.03 Å². The summed E-state index contributed by atoms with van der Waals surface area (Å²) in [5.41, 5.74) is 1.04. The second-order valence-electron chi connectivity index (χ2n) is 8.03. The molecule has 0 atom stereocenters. The van der Waals surface area contributed by atoms with Gasteiger partial charge in [-0.05, 0) is 88.2 Å². The molecule has 1 fully saturated rings. The number of hydrogen-bond donors (Lipinski definition) is 2. The van der Waals surface area contributed by atoms with Gasteiger partial charge in [0.05, 0.1) is 24.4 Å². The largest absolute Gasteiger partial charge is 0.497 e. The van der Waals surface area contributed by atoms with Crippen LogP contribution in [0.25, 0.3) is 6.08 Å². The minimum atomic E-state index is -0.847. The molecule has 0 spiro atoms. The average Bonchev–Trinajstić information content (AvgIpc) is 2.91. The molecule has 12 heteroatoms. The summed E-state index contributed by atoms with van der Waals surface area (Å²) in [5.74, 6) is -0.857. The molecule has 1 heterocycles. The highest BCUT2D eigenvalue weighted by molar-refractivity contribution is 9.10. The van der Waals surface area contributed by atoms with Gasteiger partial charge in [0.2, 0.25) is 0 Å². The normalized spacial score (nSPS) is 14.2. The molecule has 2 N–H and O–H groups in total. The zero-order valence-corrected chi connectivity index (χ0v) is 23.8. The molecule has 0 aromatic heterocycles. The second-order valence-corrected chi connectivity index (χ2v) is 9.80. The third kappa shape index (κ3) is 6.47. The summed E-state index contributed by atoms with van der Waals surface area (Å²) in [6.45, 7) is -0.313. The summed E-state index contributed by atoms with van der Waals surface area (Å²) >= 11 is 6.70. The van der Waals surface area contributed by atoms with Crippen molar-refractivity contribution in [3.8, 4) is 17.2 Å². The summed E-state index contributed by atoms with van der Waals surface area (Å²) in [5, 5.41) is 4.90. The average molecular weight is 659 g/mol. The van der Waals surface area contributed by atoms with Crippen LogP contribution in [0.5, 0.6) is 17.2 Å². The number of amides is 5. The van der Waals surface area contributed by atoms with Crippen LogP contribution in [0.3, 0.4) is 0 Å². The minimum absolute atomic E-state index is 0.246. The van der Waals surface area contributed by atoms with Crippen LogP contribution < -0.4 is 29.7 Å². The standard InChI is InChI=1S/C27H21Br2N3O7/c1-37-19-9-5-17(6-10-19)30-23(33)14-39-24-21(29)12-15(13-22(24)38-2)11-20-25(34)31-27(36)32(26(20)35)18-7-3-16(28)4-8-18/h3-13H,14H2,1-2H3,(H,30,33)(H,31,34,36)/b20-11+. The summed E-state index contributed by atoms with van der Waals surface area (Å²) in [7, 11) is 2.96. The van der Waals surface area contributed by atoms with Gasteiger partial charge in [0, 0.05) is 10.2 Å². The van der Waals surface area contributed by atoms with E-state index in [2.05, 4.69) is 42.5 Å². The number of carbonyl (C=O) groups excluding carboxylic acids is 4. The van der Waals surface area contributed by atoms with E-state index in [1.165, 1.54) is 19.3 Å². The summed E-state index contributed by atoms with van der Waals surface area (Å²) in [6.07, 6.45) is 1.34. The van der Waals surface area contributed by atoms with E-state index in [0.717, 1.165) is 9.37 Å². The first kappa shape index (κ1) is 27.9. The topological polar surface area (TPSA) is 123 Å². The molecule has 1 saturated heterocycles. The van der Waals surface area contributed by atoms with Gasteiger partial charge in [-0.3, -0.25) is 19.7 Å². The van der Waals surface area contributed by atoms with E-state index >= 15 is 0 Å². The minimum Gasteiger partial charge on any atom is -0.497 e. The highest BCUT2D eigenvalue weighted by Gasteiger charge is 2.36. The fourth-order valence-corrected chi connectivity index (χ4v) is 4.46. The van der Waals surface area contributed by atoms with Gasteiger partial charge in [-0.2, -0.15) is 0 Å². The molecule has 0 aliphatic carbocycles. The van der Waals surface area contributed by atoms with Gasteiger partial charge in [0.25, 0.3) is 17.7 Å². The zero-order valence-electron chi connectivity index (χ0n) is 20.6. The van der Waals surface area contributed by atoms with Gasteiger partial charge in [0.15, 0.2) is 18.1 Å². The van der Waals surface area contributed by atoms with Crippen molar-refractivity contribution in [2.75, 3.05) is 31.0 Å². The Bertz CT molecular complexity index is 1470. The molecule has 1 aliphatic rings. The molecular formula is C27H21Br2N3O7. The van der Waals surface area contributed by atoms with Crippen molar-refractivity contribution in [1.29, 1.82) is 0 Å². The van der Waals surface area contributed by atoms with Crippen molar-refractivity contribution >= 4 is 73.1 Å². The van der Waals surface area contributed by atoms with Crippen LogP contribution in [0.4, 0.5) is 16.2 Å². The molecule has 0 unspecified atom stereocenters. The van der Waals surface area contributed by atoms with E-state index in [-0.39, 0.29) is 23.7 Å². The Morgan fingerprint density at radius 1 is 0.974 bits per heavy atom. The number of benzene rings is 3. The quantitative estimate of drug-likeness (QED) is 0.260. The van der Waals surface area contributed by atoms with Crippen LogP contribution >= 0.6 is 31.9 Å². The monoisotopic (exact) mass is 657 g/mol. The first-order chi connectivity index (χ1) is 18.7. The maximum absolute atomic E-state index is 13.2. The third-order valence-corrected chi connectivity index (χ3v) is 6.59. The van der Waals surface area contributed by atoms with Crippen molar-refractivity contribution in [1.82, 2.24) is 5.32 Å². The molecule has 3 aromatic carbocycles. The Morgan fingerprint density at radius 3 is 2.31 bits per heavy atom. The molecular weight excluding hydrogens is 638 g/mol. The number of ether oxygens (including phenoxy) is 3. The highest BCUT2D eigenvalue weighted by Crippen LogP contribution is 2.37. The predicted octanol–water partition coefficient (Wildman–Crippen LogP) is 4.91. The summed E-state index contributed by atoms with van der Waals surface area (Å²) in [6, 6.07) is 15.6. The van der Waals surface area contributed by atoms with Gasteiger partial charge < -0.3 is 19.5 Å². The number of hydrogen-bond acceptors (Lipinski definition) is 7. The second kappa shape index (κ2) is 12.1. The fourth-order valence-electron chi connectivity index (χ4n) is 3.62. The number of methoxy groups -OCH3 is 2. The third-order valence-electron chi connectivity index (χ3n) is 5.47. The predicted molar refractivity (Wildman–Crippen MR) is 151 cm³/mol. The van der Waals surface area contributed by atoms with Gasteiger partial charge in [0.1, 0.15) is 11.3 Å². The summed E-state index contributed by atoms with van der Waals surface area (Å²) in [4.78, 5) is 51.4. The van der Waals surface area contributed by atoms with Crippen LogP contribution in [0.15, 0.2) is 75.2 Å². The van der Waals surface area contributed by atoms with E-state index in [0.29, 0.717) is 27.2 Å². The van der Waals surface area contributed by atoms with E-state index in [1.54, 1.807) is 61.7 Å². The van der Waals surface area contributed by atoms with Crippen molar-refractivity contribution < 1.29 is 33.4 Å². The number of urea groups is 1. The van der Waals surface area contributed by atoms with Crippen LogP contribution in [0.2, 0.25) is 0 Å². The lowest BCUT2D eigenvalue weighted by Crippen LogP contribution is -2.54. The maximum atomic E-state index is 13.2. The fraction of sp³-hybridized carbons (Fsp3) is 0.111. The van der Waals surface area contributed by atoms with Crippen molar-refractivity contribution in [2.45, 2.75) is 0 Å². The summed E-state index contributed by atoms with van der Waals surface area (Å²) < 4.78 is 17.4. The van der Waals surface area contributed by atoms with E-state index in [1.807, 2.05) is 0 Å². The van der Waals surface area contributed by atoms with Crippen LogP contribution in [-0.4, -0.2) is 44.6 Å². The Kier molecular flexibility index (Phi) is 8.67. The lowest BCUT2D eigenvalue weighted by atomic mass is 10.1. The number of rotatable bonds is 8. The van der Waals surface area contributed by atoms with Crippen molar-refractivity contribution in [2.24, 2.45) is 0 Å². The van der Waals surface area contributed by atoms with Crippen LogP contribution in [-0.2, 0) is 14.4 Å². The molecule has 0 bridgehead atoms. The number of anilines is 2. The lowest BCUT2D eigenvalue weighted by molar-refractivity contribution is -0.122. The van der Waals surface area contributed by atoms with E-state index in [9.17, 15) is 19.2 Å². The smallest absolute Gasteiger partial charge is 0.335 e. The Labute approximate surface area is 240 Å². The number of nitrogens with zero attached hydrogens (tertiary/aromatic N) is 1. The van der Waals surface area contributed by atoms with Gasteiger partial charge in [-0.25, -0.2) is 9.69 Å². The molecule has 200 valence electrons. The first-order valence-electron chi connectivity index (χ1n) is 11.3. The number of halogens is 2. The molecule has 0 saturated carbocycles.